The van der Waals surface area contributed by atoms with Crippen molar-refractivity contribution in [3.8, 4) is 0 Å². The molecule has 0 aliphatic heterocycles. The molecule has 0 fully saturated rings. The minimum atomic E-state index is -1.23. The molecule has 1 heterocycles. The molecule has 0 saturated heterocycles. The number of hydrogen-bond acceptors (Lipinski definition) is 7. The van der Waals surface area contributed by atoms with Gasteiger partial charge in [0, 0.05) is 25.2 Å². The van der Waals surface area contributed by atoms with Crippen molar-refractivity contribution < 1.29 is 54.0 Å². The van der Waals surface area contributed by atoms with E-state index in [4.69, 9.17) is 5.11 Å². The first-order chi connectivity index (χ1) is 14.9. The van der Waals surface area contributed by atoms with Crippen LogP contribution < -0.4 is 45.5 Å². The molecule has 1 atom stereocenters. The summed E-state index contributed by atoms with van der Waals surface area (Å²) in [5, 5.41) is 28.3. The number of amides is 2. The van der Waals surface area contributed by atoms with E-state index in [1.165, 1.54) is 24.3 Å². The Labute approximate surface area is 206 Å². The van der Waals surface area contributed by atoms with E-state index in [0.29, 0.717) is 18.8 Å². The van der Waals surface area contributed by atoms with Crippen LogP contribution in [0.5, 0.6) is 0 Å². The second kappa shape index (κ2) is 14.1. The van der Waals surface area contributed by atoms with Gasteiger partial charge in [-0.25, -0.2) is 4.98 Å². The number of benzene rings is 1. The number of nitro benzene ring substituents is 1. The van der Waals surface area contributed by atoms with Crippen LogP contribution in [0.2, 0.25) is 0 Å². The third-order valence-corrected chi connectivity index (χ3v) is 4.22. The summed E-state index contributed by atoms with van der Waals surface area (Å²) >= 11 is 0. The van der Waals surface area contributed by atoms with Gasteiger partial charge in [-0.2, -0.15) is 0 Å². The molecular weight excluding hydrogens is 429 g/mol. The summed E-state index contributed by atoms with van der Waals surface area (Å²) in [5.41, 5.74) is -0.214. The van der Waals surface area contributed by atoms with Crippen LogP contribution in [0, 0.1) is 10.1 Å². The van der Waals surface area contributed by atoms with Crippen molar-refractivity contribution in [1.29, 1.82) is 0 Å². The predicted molar refractivity (Wildman–Crippen MR) is 111 cm³/mol. The Morgan fingerprint density at radius 2 is 1.81 bits per heavy atom. The zero-order chi connectivity index (χ0) is 22.6. The molecular formula is C20H23N5NaO6+. The van der Waals surface area contributed by atoms with E-state index < -0.39 is 29.3 Å². The second-order valence-electron chi connectivity index (χ2n) is 6.56. The molecule has 0 spiro atoms. The average Bonchev–Trinajstić information content (AvgIpc) is 2.75. The first kappa shape index (κ1) is 27.0. The Bertz CT molecular complexity index is 928. The number of nitrogens with one attached hydrogen (secondary N) is 3. The molecule has 0 aliphatic rings. The summed E-state index contributed by atoms with van der Waals surface area (Å²) in [4.78, 5) is 49.9. The van der Waals surface area contributed by atoms with Crippen molar-refractivity contribution in [1.82, 2.24) is 15.6 Å². The SMILES string of the molecule is O=C(O)CC(NC(=O)CNC(=O)CCCNc1ccccn1)c1ccccc1[N+](=O)[O-].[Na+]. The number of rotatable bonds is 12. The summed E-state index contributed by atoms with van der Waals surface area (Å²) in [7, 11) is 0. The first-order valence-corrected chi connectivity index (χ1v) is 9.53. The van der Waals surface area contributed by atoms with Gasteiger partial charge in [0.2, 0.25) is 11.8 Å². The maximum absolute atomic E-state index is 12.2. The topological polar surface area (TPSA) is 164 Å². The summed E-state index contributed by atoms with van der Waals surface area (Å²) in [6.07, 6.45) is 1.80. The Kier molecular flexibility index (Phi) is 11.9. The van der Waals surface area contributed by atoms with E-state index in [1.807, 2.05) is 6.07 Å². The van der Waals surface area contributed by atoms with Crippen LogP contribution in [0.1, 0.15) is 30.9 Å². The van der Waals surface area contributed by atoms with E-state index in [1.54, 1.807) is 18.3 Å². The molecule has 4 N–H and O–H groups in total. The van der Waals surface area contributed by atoms with E-state index in [2.05, 4.69) is 20.9 Å². The van der Waals surface area contributed by atoms with Crippen LogP contribution >= 0.6 is 0 Å². The molecule has 0 aliphatic carbocycles. The minimum Gasteiger partial charge on any atom is -0.481 e. The van der Waals surface area contributed by atoms with Gasteiger partial charge in [-0.05, 0) is 18.6 Å². The molecule has 0 saturated carbocycles. The number of aliphatic carboxylic acids is 1. The molecule has 2 amide bonds. The molecule has 0 radical (unpaired) electrons. The molecule has 1 unspecified atom stereocenters. The fourth-order valence-electron chi connectivity index (χ4n) is 2.81. The van der Waals surface area contributed by atoms with Gasteiger partial charge in [0.25, 0.3) is 5.69 Å². The number of pyridine rings is 1. The molecule has 2 rings (SSSR count). The Balaban J connectivity index is 0.00000512. The fourth-order valence-corrected chi connectivity index (χ4v) is 2.81. The van der Waals surface area contributed by atoms with Crippen LogP contribution in [-0.4, -0.2) is 45.9 Å². The van der Waals surface area contributed by atoms with Gasteiger partial charge in [0.15, 0.2) is 0 Å². The molecule has 164 valence electrons. The summed E-state index contributed by atoms with van der Waals surface area (Å²) in [6, 6.07) is 9.91. The molecule has 1 aromatic carbocycles. The van der Waals surface area contributed by atoms with Gasteiger partial charge in [-0.15, -0.1) is 0 Å². The van der Waals surface area contributed by atoms with E-state index in [9.17, 15) is 24.5 Å². The largest absolute Gasteiger partial charge is 1.00 e. The zero-order valence-corrected chi connectivity index (χ0v) is 19.6. The summed E-state index contributed by atoms with van der Waals surface area (Å²) in [5.74, 6) is -1.53. The first-order valence-electron chi connectivity index (χ1n) is 9.53. The average molecular weight is 452 g/mol. The van der Waals surface area contributed by atoms with E-state index >= 15 is 0 Å². The van der Waals surface area contributed by atoms with Gasteiger partial charge in [0.05, 0.1) is 29.5 Å². The van der Waals surface area contributed by atoms with Crippen molar-refractivity contribution in [2.75, 3.05) is 18.4 Å². The number of anilines is 1. The van der Waals surface area contributed by atoms with E-state index in [0.717, 1.165) is 0 Å². The van der Waals surface area contributed by atoms with Crippen molar-refractivity contribution in [2.24, 2.45) is 0 Å². The van der Waals surface area contributed by atoms with Crippen molar-refractivity contribution in [2.45, 2.75) is 25.3 Å². The van der Waals surface area contributed by atoms with Crippen LogP contribution in [-0.2, 0) is 14.4 Å². The molecule has 2 aromatic rings. The number of hydrogen-bond donors (Lipinski definition) is 4. The number of carboxylic acid groups (broad SMARTS) is 1. The Hall–Kier alpha value is -3.02. The Morgan fingerprint density at radius 1 is 1.09 bits per heavy atom. The Morgan fingerprint density at radius 3 is 2.47 bits per heavy atom. The molecule has 0 bridgehead atoms. The number of carboxylic acids is 1. The maximum atomic E-state index is 12.2. The molecule has 32 heavy (non-hydrogen) atoms. The summed E-state index contributed by atoms with van der Waals surface area (Å²) in [6.45, 7) is 0.151. The van der Waals surface area contributed by atoms with Crippen molar-refractivity contribution >= 4 is 29.3 Å². The predicted octanol–water partition coefficient (Wildman–Crippen LogP) is -1.37. The van der Waals surface area contributed by atoms with Gasteiger partial charge in [0.1, 0.15) is 5.82 Å². The van der Waals surface area contributed by atoms with Crippen LogP contribution in [0.3, 0.4) is 0 Å². The number of nitro groups is 1. The van der Waals surface area contributed by atoms with Gasteiger partial charge in [-0.1, -0.05) is 24.3 Å². The number of carbonyl (C=O) groups is 3. The third kappa shape index (κ3) is 9.41. The van der Waals surface area contributed by atoms with Crippen LogP contribution in [0.4, 0.5) is 11.5 Å². The third-order valence-electron chi connectivity index (χ3n) is 4.22. The molecule has 12 heteroatoms. The van der Waals surface area contributed by atoms with Crippen LogP contribution in [0.25, 0.3) is 0 Å². The van der Waals surface area contributed by atoms with Gasteiger partial charge in [-0.3, -0.25) is 24.5 Å². The number of nitrogens with zero attached hydrogens (tertiary/aromatic N) is 2. The minimum absolute atomic E-state index is 0. The zero-order valence-electron chi connectivity index (χ0n) is 17.6. The molecule has 11 nitrogen and oxygen atoms in total. The van der Waals surface area contributed by atoms with Crippen LogP contribution in [0.15, 0.2) is 48.7 Å². The monoisotopic (exact) mass is 452 g/mol. The molecule has 1 aromatic heterocycles. The number of aromatic nitrogens is 1. The quantitative estimate of drug-likeness (QED) is 0.133. The number of para-hydroxylation sites is 1. The standard InChI is InChI=1S/C20H23N5O6.Na/c26-18(9-5-11-22-17-8-3-4-10-21-17)23-13-19(27)24-15(12-20(28)29)14-6-1-2-7-16(14)25(30)31;/h1-4,6-8,10,15H,5,9,11-13H2,(H,21,22)(H,23,26)(H,24,27)(H,28,29);/q;+1. The second-order valence-corrected chi connectivity index (χ2v) is 6.56. The van der Waals surface area contributed by atoms with Gasteiger partial charge >= 0.3 is 35.5 Å². The fraction of sp³-hybridized carbons (Fsp3) is 0.300. The normalized spacial score (nSPS) is 10.9. The summed E-state index contributed by atoms with van der Waals surface area (Å²) < 4.78 is 0. The number of carbonyl (C=O) groups excluding carboxylic acids is 2. The van der Waals surface area contributed by atoms with Crippen molar-refractivity contribution in [3.63, 3.8) is 0 Å². The maximum Gasteiger partial charge on any atom is 1.00 e. The smallest absolute Gasteiger partial charge is 0.481 e. The van der Waals surface area contributed by atoms with Crippen molar-refractivity contribution in [3.05, 3.63) is 64.3 Å². The van der Waals surface area contributed by atoms with Gasteiger partial charge < -0.3 is 21.1 Å². The van der Waals surface area contributed by atoms with E-state index in [-0.39, 0.29) is 59.7 Å².